The summed E-state index contributed by atoms with van der Waals surface area (Å²) >= 11 is 1.82. The number of aromatic nitrogens is 1. The van der Waals surface area contributed by atoms with Crippen LogP contribution in [0.5, 0.6) is 0 Å². The number of nitrogens with one attached hydrogen (secondary N) is 1. The van der Waals surface area contributed by atoms with E-state index in [1.54, 1.807) is 0 Å². The number of hydrogen-bond donors (Lipinski definition) is 2. The minimum atomic E-state index is -0.136. The molecular weight excluding hydrogens is 256 g/mol. The highest BCUT2D eigenvalue weighted by Gasteiger charge is 2.19. The molecule has 0 radical (unpaired) electrons. The molecule has 0 spiro atoms. The van der Waals surface area contributed by atoms with Gasteiger partial charge in [0.15, 0.2) is 0 Å². The van der Waals surface area contributed by atoms with E-state index in [0.29, 0.717) is 0 Å². The number of likely N-dealkylation sites (N-methyl/N-ethyl adjacent to an activating group) is 1. The van der Waals surface area contributed by atoms with Gasteiger partial charge in [-0.1, -0.05) is 6.42 Å². The zero-order valence-corrected chi connectivity index (χ0v) is 13.3. The van der Waals surface area contributed by atoms with Crippen LogP contribution in [0.15, 0.2) is 17.2 Å². The Morgan fingerprint density at radius 2 is 2.05 bits per heavy atom. The molecule has 0 bridgehead atoms. The molecule has 0 saturated carbocycles. The maximum absolute atomic E-state index is 9.30. The van der Waals surface area contributed by atoms with Crippen molar-refractivity contribution in [2.24, 2.45) is 0 Å². The lowest BCUT2D eigenvalue weighted by Crippen LogP contribution is -2.43. The first kappa shape index (κ1) is 16.5. The normalized spacial score (nSPS) is 14.4. The van der Waals surface area contributed by atoms with E-state index in [1.807, 2.05) is 25.7 Å². The summed E-state index contributed by atoms with van der Waals surface area (Å²) in [5.41, 5.74) is 2.23. The van der Waals surface area contributed by atoms with Crippen molar-refractivity contribution in [2.45, 2.75) is 50.6 Å². The summed E-state index contributed by atoms with van der Waals surface area (Å²) in [5.74, 6) is 1.08. The third-order valence-electron chi connectivity index (χ3n) is 3.40. The molecule has 0 aliphatic rings. The molecule has 3 nitrogen and oxygen atoms in total. The molecule has 0 aliphatic heterocycles. The summed E-state index contributed by atoms with van der Waals surface area (Å²) < 4.78 is 0. The van der Waals surface area contributed by atoms with Crippen LogP contribution in [0.1, 0.15) is 37.4 Å². The van der Waals surface area contributed by atoms with E-state index >= 15 is 0 Å². The standard InChI is InChI=1S/C15H26N2OS/c1-12-9-13(2)17-14(10-12)19-8-6-5-7-15(3,11-18)16-4/h9-10,16,18H,5-8,11H2,1-4H3. The maximum Gasteiger partial charge on any atom is 0.0965 e. The fraction of sp³-hybridized carbons (Fsp3) is 0.667. The van der Waals surface area contributed by atoms with E-state index in [9.17, 15) is 5.11 Å². The maximum atomic E-state index is 9.30. The second kappa shape index (κ2) is 7.88. The molecule has 0 aliphatic carbocycles. The van der Waals surface area contributed by atoms with Crippen molar-refractivity contribution in [3.05, 3.63) is 23.4 Å². The van der Waals surface area contributed by atoms with Crippen LogP contribution in [-0.4, -0.2) is 35.0 Å². The van der Waals surface area contributed by atoms with Crippen LogP contribution in [0, 0.1) is 13.8 Å². The second-order valence-corrected chi connectivity index (χ2v) is 6.51. The van der Waals surface area contributed by atoms with Crippen LogP contribution >= 0.6 is 11.8 Å². The quantitative estimate of drug-likeness (QED) is 0.568. The largest absolute Gasteiger partial charge is 0.394 e. The minimum absolute atomic E-state index is 0.136. The van der Waals surface area contributed by atoms with E-state index in [1.165, 1.54) is 5.56 Å². The van der Waals surface area contributed by atoms with Gasteiger partial charge in [0.1, 0.15) is 0 Å². The van der Waals surface area contributed by atoms with Gasteiger partial charge >= 0.3 is 0 Å². The first-order valence-electron chi connectivity index (χ1n) is 6.87. The smallest absolute Gasteiger partial charge is 0.0965 e. The van der Waals surface area contributed by atoms with Gasteiger partial charge in [-0.3, -0.25) is 0 Å². The highest BCUT2D eigenvalue weighted by atomic mass is 32.2. The summed E-state index contributed by atoms with van der Waals surface area (Å²) in [6, 6.07) is 4.24. The fourth-order valence-electron chi connectivity index (χ4n) is 1.96. The molecule has 0 amide bonds. The molecule has 2 N–H and O–H groups in total. The van der Waals surface area contributed by atoms with Crippen molar-refractivity contribution in [1.82, 2.24) is 10.3 Å². The average Bonchev–Trinajstić information content (AvgIpc) is 2.37. The molecule has 1 aromatic rings. The third-order valence-corrected chi connectivity index (χ3v) is 4.40. The lowest BCUT2D eigenvalue weighted by atomic mass is 9.96. The van der Waals surface area contributed by atoms with E-state index in [0.717, 1.165) is 35.7 Å². The van der Waals surface area contributed by atoms with E-state index in [-0.39, 0.29) is 12.1 Å². The Hall–Kier alpha value is -0.580. The Bertz CT molecular complexity index is 371. The monoisotopic (exact) mass is 282 g/mol. The molecule has 1 unspecified atom stereocenters. The molecule has 1 atom stereocenters. The Morgan fingerprint density at radius 3 is 2.63 bits per heavy atom. The summed E-state index contributed by atoms with van der Waals surface area (Å²) in [7, 11) is 1.91. The van der Waals surface area contributed by atoms with E-state index < -0.39 is 0 Å². The van der Waals surface area contributed by atoms with Gasteiger partial charge in [-0.25, -0.2) is 4.98 Å². The van der Waals surface area contributed by atoms with Crippen LogP contribution in [-0.2, 0) is 0 Å². The Morgan fingerprint density at radius 1 is 1.32 bits per heavy atom. The van der Waals surface area contributed by atoms with Gasteiger partial charge < -0.3 is 10.4 Å². The number of nitrogens with zero attached hydrogens (tertiary/aromatic N) is 1. The zero-order valence-electron chi connectivity index (χ0n) is 12.5. The highest BCUT2D eigenvalue weighted by molar-refractivity contribution is 7.99. The topological polar surface area (TPSA) is 45.1 Å². The number of aliphatic hydroxyl groups is 1. The van der Waals surface area contributed by atoms with Gasteiger partial charge in [0, 0.05) is 11.2 Å². The summed E-state index contributed by atoms with van der Waals surface area (Å²) in [5, 5.41) is 13.6. The van der Waals surface area contributed by atoms with Gasteiger partial charge in [0.2, 0.25) is 0 Å². The third kappa shape index (κ3) is 5.93. The predicted octanol–water partition coefficient (Wildman–Crippen LogP) is 2.93. The van der Waals surface area contributed by atoms with E-state index in [4.69, 9.17) is 0 Å². The van der Waals surface area contributed by atoms with Crippen LogP contribution < -0.4 is 5.32 Å². The summed E-state index contributed by atoms with van der Waals surface area (Å²) in [4.78, 5) is 4.52. The lowest BCUT2D eigenvalue weighted by Gasteiger charge is -2.26. The van der Waals surface area contributed by atoms with Crippen molar-refractivity contribution < 1.29 is 5.11 Å². The van der Waals surface area contributed by atoms with Gasteiger partial charge in [-0.2, -0.15) is 0 Å². The number of hydrogen-bond acceptors (Lipinski definition) is 4. The predicted molar refractivity (Wildman–Crippen MR) is 82.8 cm³/mol. The molecule has 4 heteroatoms. The van der Waals surface area contributed by atoms with Crippen LogP contribution in [0.3, 0.4) is 0 Å². The molecule has 0 saturated heterocycles. The fourth-order valence-corrected chi connectivity index (χ4v) is 2.99. The molecule has 0 fully saturated rings. The molecule has 108 valence electrons. The minimum Gasteiger partial charge on any atom is -0.394 e. The highest BCUT2D eigenvalue weighted by Crippen LogP contribution is 2.20. The van der Waals surface area contributed by atoms with Crippen LogP contribution in [0.4, 0.5) is 0 Å². The Labute approximate surface area is 121 Å². The van der Waals surface area contributed by atoms with Crippen LogP contribution in [0.2, 0.25) is 0 Å². The van der Waals surface area contributed by atoms with Gasteiger partial charge in [-0.05, 0) is 64.1 Å². The Balaban J connectivity index is 2.27. The van der Waals surface area contributed by atoms with Gasteiger partial charge in [-0.15, -0.1) is 11.8 Å². The zero-order chi connectivity index (χ0) is 14.3. The SMILES string of the molecule is CNC(C)(CO)CCCCSc1cc(C)cc(C)n1. The molecule has 1 aromatic heterocycles. The first-order chi connectivity index (χ1) is 8.99. The van der Waals surface area contributed by atoms with Crippen molar-refractivity contribution in [2.75, 3.05) is 19.4 Å². The lowest BCUT2D eigenvalue weighted by molar-refractivity contribution is 0.171. The number of thioether (sulfide) groups is 1. The second-order valence-electron chi connectivity index (χ2n) is 5.40. The number of aliphatic hydroxyl groups excluding tert-OH is 1. The number of pyridine rings is 1. The van der Waals surface area contributed by atoms with E-state index in [2.05, 4.69) is 36.3 Å². The average molecular weight is 282 g/mol. The molecule has 1 rings (SSSR count). The van der Waals surface area contributed by atoms with Crippen molar-refractivity contribution in [3.63, 3.8) is 0 Å². The molecular formula is C15H26N2OS. The molecule has 1 heterocycles. The van der Waals surface area contributed by atoms with Crippen molar-refractivity contribution in [1.29, 1.82) is 0 Å². The van der Waals surface area contributed by atoms with Crippen molar-refractivity contribution in [3.8, 4) is 0 Å². The van der Waals surface area contributed by atoms with Gasteiger partial charge in [0.05, 0.1) is 11.6 Å². The summed E-state index contributed by atoms with van der Waals surface area (Å²) in [6.45, 7) is 6.40. The molecule has 19 heavy (non-hydrogen) atoms. The summed E-state index contributed by atoms with van der Waals surface area (Å²) in [6.07, 6.45) is 3.27. The number of rotatable bonds is 8. The van der Waals surface area contributed by atoms with Crippen LogP contribution in [0.25, 0.3) is 0 Å². The first-order valence-corrected chi connectivity index (χ1v) is 7.85. The number of aryl methyl sites for hydroxylation is 2. The molecule has 0 aromatic carbocycles. The van der Waals surface area contributed by atoms with Gasteiger partial charge in [0.25, 0.3) is 0 Å². The number of unbranched alkanes of at least 4 members (excludes halogenated alkanes) is 1. The van der Waals surface area contributed by atoms with Crippen molar-refractivity contribution >= 4 is 11.8 Å². The Kier molecular flexibility index (Phi) is 6.83.